The lowest BCUT2D eigenvalue weighted by Crippen LogP contribution is -2.38. The summed E-state index contributed by atoms with van der Waals surface area (Å²) in [6, 6.07) is 6.19. The number of hydrogen-bond acceptors (Lipinski definition) is 4. The van der Waals surface area contributed by atoms with Crippen LogP contribution in [0.4, 0.5) is 9.18 Å². The second-order valence-electron chi connectivity index (χ2n) is 7.77. The summed E-state index contributed by atoms with van der Waals surface area (Å²) >= 11 is 6.29. The third kappa shape index (κ3) is 4.45. The standard InChI is InChI=1S/C23H24ClFN2O4/c1-13-16(9-6-12-26)20(21-17(24)10-5-11-18(21)25)19(22(28)29)14(2)27(13)23(30)31-15-7-3-4-8-15/h5,10-11,15,20H,3-4,6-9H2,1-2H3,(H,28,29). The van der Waals surface area contributed by atoms with Crippen molar-refractivity contribution in [3.05, 3.63) is 57.1 Å². The molecule has 1 saturated carbocycles. The van der Waals surface area contributed by atoms with Gasteiger partial charge in [-0.15, -0.1) is 0 Å². The number of carboxylic acids is 1. The van der Waals surface area contributed by atoms with Gasteiger partial charge in [-0.25, -0.2) is 14.0 Å². The summed E-state index contributed by atoms with van der Waals surface area (Å²) in [5.74, 6) is -2.95. The zero-order chi connectivity index (χ0) is 22.7. The van der Waals surface area contributed by atoms with Crippen LogP contribution in [0.3, 0.4) is 0 Å². The minimum Gasteiger partial charge on any atom is -0.478 e. The van der Waals surface area contributed by atoms with Crippen LogP contribution in [0.1, 0.15) is 63.9 Å². The Kier molecular flexibility index (Phi) is 7.01. The van der Waals surface area contributed by atoms with Gasteiger partial charge in [0.25, 0.3) is 0 Å². The van der Waals surface area contributed by atoms with Gasteiger partial charge < -0.3 is 9.84 Å². The van der Waals surface area contributed by atoms with Gasteiger partial charge in [-0.05, 0) is 63.7 Å². The Morgan fingerprint density at radius 2 is 1.97 bits per heavy atom. The smallest absolute Gasteiger partial charge is 0.418 e. The van der Waals surface area contributed by atoms with E-state index in [1.165, 1.54) is 30.0 Å². The summed E-state index contributed by atoms with van der Waals surface area (Å²) in [6.07, 6.45) is 2.86. The molecule has 1 fully saturated rings. The molecule has 0 bridgehead atoms. The normalized spacial score (nSPS) is 19.6. The molecule has 1 unspecified atom stereocenters. The number of allylic oxidation sites excluding steroid dienone is 3. The first-order valence-corrected chi connectivity index (χ1v) is 10.6. The highest BCUT2D eigenvalue weighted by Gasteiger charge is 2.41. The van der Waals surface area contributed by atoms with Crippen LogP contribution in [-0.2, 0) is 9.53 Å². The second kappa shape index (κ2) is 9.52. The maximum Gasteiger partial charge on any atom is 0.418 e. The largest absolute Gasteiger partial charge is 0.478 e. The number of hydrogen-bond donors (Lipinski definition) is 1. The summed E-state index contributed by atoms with van der Waals surface area (Å²) < 4.78 is 20.5. The van der Waals surface area contributed by atoms with Gasteiger partial charge >= 0.3 is 12.1 Å². The van der Waals surface area contributed by atoms with Gasteiger partial charge in [0.2, 0.25) is 0 Å². The molecule has 0 radical (unpaired) electrons. The van der Waals surface area contributed by atoms with E-state index in [-0.39, 0.29) is 40.8 Å². The number of rotatable bonds is 5. The molecule has 3 rings (SSSR count). The van der Waals surface area contributed by atoms with Gasteiger partial charge in [0.05, 0.1) is 11.6 Å². The number of aliphatic carboxylic acids is 1. The van der Waals surface area contributed by atoms with Crippen molar-refractivity contribution < 1.29 is 23.8 Å². The molecule has 1 aromatic carbocycles. The molecular formula is C23H24ClFN2O4. The topological polar surface area (TPSA) is 90.6 Å². The van der Waals surface area contributed by atoms with E-state index in [0.29, 0.717) is 11.3 Å². The number of carbonyl (C=O) groups excluding carboxylic acids is 1. The van der Waals surface area contributed by atoms with Crippen LogP contribution in [-0.4, -0.2) is 28.2 Å². The monoisotopic (exact) mass is 446 g/mol. The second-order valence-corrected chi connectivity index (χ2v) is 8.17. The summed E-state index contributed by atoms with van der Waals surface area (Å²) in [5.41, 5.74) is 0.911. The van der Waals surface area contributed by atoms with Crippen molar-refractivity contribution in [3.63, 3.8) is 0 Å². The first-order chi connectivity index (χ1) is 14.8. The Balaban J connectivity index is 2.16. The minimum absolute atomic E-state index is 0.0250. The van der Waals surface area contributed by atoms with E-state index in [9.17, 15) is 19.1 Å². The molecule has 1 atom stereocenters. The first kappa shape index (κ1) is 22.8. The highest BCUT2D eigenvalue weighted by Crippen LogP contribution is 2.46. The van der Waals surface area contributed by atoms with E-state index in [4.69, 9.17) is 21.6 Å². The van der Waals surface area contributed by atoms with Crippen molar-refractivity contribution in [2.75, 3.05) is 0 Å². The first-order valence-electron chi connectivity index (χ1n) is 10.2. The fourth-order valence-corrected chi connectivity index (χ4v) is 4.75. The van der Waals surface area contributed by atoms with Gasteiger partial charge in [0, 0.05) is 34.3 Å². The SMILES string of the molecule is CC1=C(CCC#N)C(c2c(F)cccc2Cl)C(C(=O)O)=C(C)N1C(=O)OC1CCCC1. The zero-order valence-electron chi connectivity index (χ0n) is 17.5. The molecular weight excluding hydrogens is 423 g/mol. The number of nitriles is 1. The number of carboxylic acid groups (broad SMARTS) is 1. The molecule has 1 aromatic rings. The predicted octanol–water partition coefficient (Wildman–Crippen LogP) is 5.89. The van der Waals surface area contributed by atoms with E-state index in [0.717, 1.165) is 25.7 Å². The van der Waals surface area contributed by atoms with Gasteiger partial charge in [-0.3, -0.25) is 4.90 Å². The Hall–Kier alpha value is -2.85. The lowest BCUT2D eigenvalue weighted by molar-refractivity contribution is -0.133. The molecule has 1 aliphatic carbocycles. The minimum atomic E-state index is -1.29. The highest BCUT2D eigenvalue weighted by molar-refractivity contribution is 6.31. The Labute approximate surface area is 185 Å². The maximum atomic E-state index is 14.9. The quantitative estimate of drug-likeness (QED) is 0.608. The van der Waals surface area contributed by atoms with Gasteiger partial charge in [-0.2, -0.15) is 5.26 Å². The molecule has 1 amide bonds. The summed E-state index contributed by atoms with van der Waals surface area (Å²) in [7, 11) is 0. The van der Waals surface area contributed by atoms with Crippen LogP contribution in [0.15, 0.2) is 40.7 Å². The van der Waals surface area contributed by atoms with Crippen LogP contribution in [0, 0.1) is 17.1 Å². The van der Waals surface area contributed by atoms with Gasteiger partial charge in [0.1, 0.15) is 11.9 Å². The maximum absolute atomic E-state index is 14.9. The van der Waals surface area contributed by atoms with Crippen molar-refractivity contribution in [1.29, 1.82) is 5.26 Å². The van der Waals surface area contributed by atoms with Crippen LogP contribution >= 0.6 is 11.6 Å². The van der Waals surface area contributed by atoms with E-state index in [1.807, 2.05) is 6.07 Å². The zero-order valence-corrected chi connectivity index (χ0v) is 18.2. The molecule has 0 saturated heterocycles. The van der Waals surface area contributed by atoms with Crippen LogP contribution in [0.25, 0.3) is 0 Å². The third-order valence-electron chi connectivity index (χ3n) is 5.94. The number of ether oxygens (including phenoxy) is 1. The Morgan fingerprint density at radius 1 is 1.29 bits per heavy atom. The molecule has 1 heterocycles. The van der Waals surface area contributed by atoms with Crippen molar-refractivity contribution in [3.8, 4) is 6.07 Å². The van der Waals surface area contributed by atoms with Crippen LogP contribution in [0.5, 0.6) is 0 Å². The number of halogens is 2. The average Bonchev–Trinajstić information content (AvgIpc) is 3.20. The molecule has 6 nitrogen and oxygen atoms in total. The van der Waals surface area contributed by atoms with Gasteiger partial charge in [0.15, 0.2) is 0 Å². The molecule has 0 spiro atoms. The third-order valence-corrected chi connectivity index (χ3v) is 6.27. The van der Waals surface area contributed by atoms with Crippen LogP contribution < -0.4 is 0 Å². The fourth-order valence-electron chi connectivity index (χ4n) is 4.48. The summed E-state index contributed by atoms with van der Waals surface area (Å²) in [6.45, 7) is 3.16. The van der Waals surface area contributed by atoms with Crippen molar-refractivity contribution in [2.24, 2.45) is 0 Å². The Morgan fingerprint density at radius 3 is 2.55 bits per heavy atom. The van der Waals surface area contributed by atoms with E-state index < -0.39 is 23.8 Å². The summed E-state index contributed by atoms with van der Waals surface area (Å²) in [5, 5.41) is 19.3. The average molecular weight is 447 g/mol. The summed E-state index contributed by atoms with van der Waals surface area (Å²) in [4.78, 5) is 26.6. The Bertz CT molecular complexity index is 985. The molecule has 2 aliphatic rings. The lowest BCUT2D eigenvalue weighted by atomic mass is 9.78. The molecule has 164 valence electrons. The number of amides is 1. The van der Waals surface area contributed by atoms with E-state index >= 15 is 0 Å². The molecule has 8 heteroatoms. The fraction of sp³-hybridized carbons (Fsp3) is 0.435. The number of nitrogens with zero attached hydrogens (tertiary/aromatic N) is 2. The number of carbonyl (C=O) groups is 2. The molecule has 1 aliphatic heterocycles. The van der Waals surface area contributed by atoms with Crippen LogP contribution in [0.2, 0.25) is 5.02 Å². The number of benzene rings is 1. The lowest BCUT2D eigenvalue weighted by Gasteiger charge is -2.37. The molecule has 0 aromatic heterocycles. The highest BCUT2D eigenvalue weighted by atomic mass is 35.5. The van der Waals surface area contributed by atoms with Crippen molar-refractivity contribution >= 4 is 23.7 Å². The van der Waals surface area contributed by atoms with Gasteiger partial charge in [-0.1, -0.05) is 17.7 Å². The predicted molar refractivity (Wildman–Crippen MR) is 113 cm³/mol. The molecule has 1 N–H and O–H groups in total. The van der Waals surface area contributed by atoms with E-state index in [1.54, 1.807) is 6.92 Å². The van der Waals surface area contributed by atoms with E-state index in [2.05, 4.69) is 0 Å². The van der Waals surface area contributed by atoms with Crippen molar-refractivity contribution in [1.82, 2.24) is 4.90 Å². The molecule has 31 heavy (non-hydrogen) atoms. The van der Waals surface area contributed by atoms with Crippen molar-refractivity contribution in [2.45, 2.75) is 64.4 Å².